The molecule has 1 rings (SSSR count). The highest BCUT2D eigenvalue weighted by Gasteiger charge is 2.24. The van der Waals surface area contributed by atoms with Gasteiger partial charge in [0, 0.05) is 19.5 Å². The fraction of sp³-hybridized carbons (Fsp3) is 0.364. The molecule has 0 aliphatic carbocycles. The largest absolute Gasteiger partial charge is 0.244 e. The van der Waals surface area contributed by atoms with E-state index >= 15 is 0 Å². The van der Waals surface area contributed by atoms with Crippen molar-refractivity contribution in [2.24, 2.45) is 0 Å². The van der Waals surface area contributed by atoms with E-state index in [-0.39, 0.29) is 22.9 Å². The zero-order valence-corrected chi connectivity index (χ0v) is 11.0. The molecule has 4 nitrogen and oxygen atoms in total. The Hall–Kier alpha value is -1.09. The van der Waals surface area contributed by atoms with Crippen LogP contribution in [0.3, 0.4) is 0 Å². The molecule has 0 radical (unpaired) electrons. The Morgan fingerprint density at radius 1 is 1.41 bits per heavy atom. The topological polar surface area (TPSA) is 61.2 Å². The molecular weight excluding hydrogens is 260 g/mol. The summed E-state index contributed by atoms with van der Waals surface area (Å²) >= 11 is 5.87. The second kappa shape index (κ2) is 6.01. The minimum atomic E-state index is -3.60. The van der Waals surface area contributed by atoms with Gasteiger partial charge in [-0.25, -0.2) is 8.42 Å². The monoisotopic (exact) mass is 272 g/mol. The minimum Gasteiger partial charge on any atom is -0.207 e. The van der Waals surface area contributed by atoms with Gasteiger partial charge in [-0.15, -0.1) is 0 Å². The van der Waals surface area contributed by atoms with Crippen molar-refractivity contribution in [3.05, 3.63) is 29.3 Å². The molecule has 0 aliphatic rings. The van der Waals surface area contributed by atoms with Gasteiger partial charge in [0.2, 0.25) is 10.0 Å². The summed E-state index contributed by atoms with van der Waals surface area (Å²) in [6.45, 7) is 2.22. The fourth-order valence-corrected chi connectivity index (χ4v) is 3.36. The lowest BCUT2D eigenvalue weighted by Gasteiger charge is -2.19. The molecule has 0 amide bonds. The second-order valence-corrected chi connectivity index (χ2v) is 5.65. The Morgan fingerprint density at radius 3 is 2.59 bits per heavy atom. The van der Waals surface area contributed by atoms with Crippen molar-refractivity contribution in [2.45, 2.75) is 18.2 Å². The first kappa shape index (κ1) is 14.0. The number of hydrogen-bond acceptors (Lipinski definition) is 3. The van der Waals surface area contributed by atoms with Gasteiger partial charge in [-0.05, 0) is 12.1 Å². The molecule has 92 valence electrons. The molecule has 0 N–H and O–H groups in total. The van der Waals surface area contributed by atoms with E-state index in [0.29, 0.717) is 6.54 Å². The van der Waals surface area contributed by atoms with Crippen LogP contribution >= 0.6 is 11.6 Å². The summed E-state index contributed by atoms with van der Waals surface area (Å²) in [6, 6.07) is 8.23. The van der Waals surface area contributed by atoms with Gasteiger partial charge in [-0.2, -0.15) is 9.57 Å². The average molecular weight is 273 g/mol. The van der Waals surface area contributed by atoms with Crippen molar-refractivity contribution in [3.63, 3.8) is 0 Å². The number of hydrogen-bond donors (Lipinski definition) is 0. The maximum absolute atomic E-state index is 12.2. The summed E-state index contributed by atoms with van der Waals surface area (Å²) in [5.41, 5.74) is 0. The lowest BCUT2D eigenvalue weighted by atomic mass is 10.4. The smallest absolute Gasteiger partial charge is 0.207 e. The quantitative estimate of drug-likeness (QED) is 0.826. The van der Waals surface area contributed by atoms with Crippen molar-refractivity contribution in [1.82, 2.24) is 4.31 Å². The molecular formula is C11H13ClN2O2S. The first-order valence-corrected chi connectivity index (χ1v) is 6.97. The van der Waals surface area contributed by atoms with Gasteiger partial charge in [0.15, 0.2) is 0 Å². The van der Waals surface area contributed by atoms with Gasteiger partial charge in [0.05, 0.1) is 11.1 Å². The Morgan fingerprint density at radius 2 is 2.06 bits per heavy atom. The number of sulfonamides is 1. The molecule has 0 aliphatic heterocycles. The maximum Gasteiger partial charge on any atom is 0.244 e. The van der Waals surface area contributed by atoms with Crippen LogP contribution in [0.4, 0.5) is 0 Å². The van der Waals surface area contributed by atoms with Gasteiger partial charge in [0.25, 0.3) is 0 Å². The molecule has 1 aromatic rings. The summed E-state index contributed by atoms with van der Waals surface area (Å²) in [6.07, 6.45) is 0.164. The lowest BCUT2D eigenvalue weighted by molar-refractivity contribution is 0.435. The average Bonchev–Trinajstić information content (AvgIpc) is 2.30. The molecule has 0 atom stereocenters. The van der Waals surface area contributed by atoms with Crippen molar-refractivity contribution in [3.8, 4) is 6.07 Å². The lowest BCUT2D eigenvalue weighted by Crippen LogP contribution is -2.31. The Balaban J connectivity index is 3.10. The highest BCUT2D eigenvalue weighted by molar-refractivity contribution is 7.89. The summed E-state index contributed by atoms with van der Waals surface area (Å²) in [5, 5.41) is 8.70. The van der Waals surface area contributed by atoms with Crippen LogP contribution in [0.1, 0.15) is 13.3 Å². The number of rotatable bonds is 5. The fourth-order valence-electron chi connectivity index (χ4n) is 1.42. The molecule has 1 aromatic carbocycles. The van der Waals surface area contributed by atoms with Crippen molar-refractivity contribution in [1.29, 1.82) is 5.26 Å². The van der Waals surface area contributed by atoms with Crippen molar-refractivity contribution < 1.29 is 8.42 Å². The molecule has 0 saturated heterocycles. The second-order valence-electron chi connectivity index (χ2n) is 3.34. The normalized spacial score (nSPS) is 11.4. The molecule has 0 spiro atoms. The third-order valence-corrected chi connectivity index (χ3v) is 4.75. The zero-order valence-electron chi connectivity index (χ0n) is 9.43. The molecule has 0 bridgehead atoms. The Labute approximate surface area is 106 Å². The van der Waals surface area contributed by atoms with E-state index in [9.17, 15) is 8.42 Å². The van der Waals surface area contributed by atoms with Crippen molar-refractivity contribution in [2.75, 3.05) is 13.1 Å². The van der Waals surface area contributed by atoms with E-state index in [2.05, 4.69) is 0 Å². The number of nitriles is 1. The van der Waals surface area contributed by atoms with Crippen LogP contribution in [-0.4, -0.2) is 25.8 Å². The molecule has 6 heteroatoms. The van der Waals surface area contributed by atoms with Gasteiger partial charge in [-0.1, -0.05) is 30.7 Å². The van der Waals surface area contributed by atoms with Crippen LogP contribution in [0.2, 0.25) is 5.02 Å². The molecule has 0 aromatic heterocycles. The van der Waals surface area contributed by atoms with E-state index in [1.165, 1.54) is 16.4 Å². The molecule has 0 unspecified atom stereocenters. The first-order valence-electron chi connectivity index (χ1n) is 5.15. The third kappa shape index (κ3) is 3.19. The summed E-state index contributed by atoms with van der Waals surface area (Å²) < 4.78 is 25.7. The number of halogens is 1. The van der Waals surface area contributed by atoms with Crippen LogP contribution in [0, 0.1) is 11.3 Å². The molecule has 17 heavy (non-hydrogen) atoms. The van der Waals surface area contributed by atoms with E-state index in [4.69, 9.17) is 16.9 Å². The summed E-state index contributed by atoms with van der Waals surface area (Å²) in [4.78, 5) is 0.0847. The molecule has 0 saturated carbocycles. The number of benzene rings is 1. The third-order valence-electron chi connectivity index (χ3n) is 2.28. The zero-order chi connectivity index (χ0) is 12.9. The summed E-state index contributed by atoms with van der Waals surface area (Å²) in [7, 11) is -3.60. The summed E-state index contributed by atoms with van der Waals surface area (Å²) in [5.74, 6) is 0. The van der Waals surface area contributed by atoms with Crippen LogP contribution in [-0.2, 0) is 10.0 Å². The highest BCUT2D eigenvalue weighted by Crippen LogP contribution is 2.24. The standard InChI is InChI=1S/C11H13ClN2O2S/c1-2-14(9-5-8-13)17(15,16)11-7-4-3-6-10(11)12/h3-4,6-7H,2,5,9H2,1H3. The molecule has 0 fully saturated rings. The van der Waals surface area contributed by atoms with E-state index in [1.807, 2.05) is 6.07 Å². The Bertz CT molecular complexity index is 523. The minimum absolute atomic E-state index is 0.0847. The van der Waals surface area contributed by atoms with Gasteiger partial charge in [-0.3, -0.25) is 0 Å². The van der Waals surface area contributed by atoms with Gasteiger partial charge in [0.1, 0.15) is 4.90 Å². The van der Waals surface area contributed by atoms with Crippen LogP contribution in [0.5, 0.6) is 0 Å². The number of nitrogens with zero attached hydrogens (tertiary/aromatic N) is 2. The molecule has 0 heterocycles. The first-order chi connectivity index (χ1) is 8.04. The van der Waals surface area contributed by atoms with Gasteiger partial charge >= 0.3 is 0 Å². The van der Waals surface area contributed by atoms with E-state index in [1.54, 1.807) is 19.1 Å². The SMILES string of the molecule is CCN(CCC#N)S(=O)(=O)c1ccccc1Cl. The van der Waals surface area contributed by atoms with Crippen molar-refractivity contribution >= 4 is 21.6 Å². The predicted molar refractivity (Wildman–Crippen MR) is 66.1 cm³/mol. The van der Waals surface area contributed by atoms with Crippen LogP contribution in [0.25, 0.3) is 0 Å². The predicted octanol–water partition coefficient (Wildman–Crippen LogP) is 2.26. The van der Waals surface area contributed by atoms with E-state index < -0.39 is 10.0 Å². The maximum atomic E-state index is 12.2. The van der Waals surface area contributed by atoms with Crippen LogP contribution in [0.15, 0.2) is 29.2 Å². The highest BCUT2D eigenvalue weighted by atomic mass is 35.5. The van der Waals surface area contributed by atoms with Crippen LogP contribution < -0.4 is 0 Å². The van der Waals surface area contributed by atoms with Gasteiger partial charge < -0.3 is 0 Å². The Kier molecular flexibility index (Phi) is 4.94. The van der Waals surface area contributed by atoms with E-state index in [0.717, 1.165) is 0 Å².